The molecule has 0 radical (unpaired) electrons. The van der Waals surface area contributed by atoms with Crippen LogP contribution in [-0.2, 0) is 21.0 Å². The summed E-state index contributed by atoms with van der Waals surface area (Å²) in [6.45, 7) is 14.5. The van der Waals surface area contributed by atoms with Gasteiger partial charge in [0.05, 0.1) is 0 Å². The van der Waals surface area contributed by atoms with Crippen LogP contribution in [0.2, 0.25) is 39.3 Å². The predicted molar refractivity (Wildman–Crippen MR) is 68.7 cm³/mol. The molecule has 1 nitrogen and oxygen atoms in total. The fraction of sp³-hybridized carbons (Fsp3) is 0.545. The summed E-state index contributed by atoms with van der Waals surface area (Å²) in [5.74, 6) is 0. The number of rotatable bonds is 2. The average Bonchev–Trinajstić information content (AvgIpc) is 2.53. The van der Waals surface area contributed by atoms with Gasteiger partial charge in [0.25, 0.3) is 0 Å². The van der Waals surface area contributed by atoms with Crippen LogP contribution < -0.4 is 35.2 Å². The minimum atomic E-state index is -1.07. The van der Waals surface area contributed by atoms with Crippen molar-refractivity contribution in [3.05, 3.63) is 18.2 Å². The van der Waals surface area contributed by atoms with Crippen LogP contribution in [0.1, 0.15) is 0 Å². The number of hydrogen-bond donors (Lipinski definition) is 0. The molecule has 6 heteroatoms. The fourth-order valence-corrected chi connectivity index (χ4v) is 3.86. The van der Waals surface area contributed by atoms with Gasteiger partial charge in [-0.3, -0.25) is 0 Å². The molecule has 0 amide bonds. The maximum atomic E-state index is 8.19. The molecule has 0 aliphatic heterocycles. The normalized spacial score (nSPS) is 10.6. The SMILES string of the molecule is C[Si](C)(C)c1cc[c-]([Si](C)(C)C)c1.[Cl-].[Cl-].[O]=[V+2]. The molecule has 1 aromatic rings. The molecule has 1 aromatic carbocycles. The zero-order valence-corrected chi connectivity index (χ0v) is 16.3. The Labute approximate surface area is 129 Å². The molecule has 0 N–H and O–H groups in total. The number of halogens is 2. The van der Waals surface area contributed by atoms with E-state index in [1.54, 1.807) is 10.4 Å². The van der Waals surface area contributed by atoms with Crippen molar-refractivity contribution >= 4 is 26.5 Å². The molecule has 0 unspecified atom stereocenters. The summed E-state index contributed by atoms with van der Waals surface area (Å²) in [6, 6.07) is 7.15. The van der Waals surface area contributed by atoms with Crippen molar-refractivity contribution in [2.24, 2.45) is 0 Å². The van der Waals surface area contributed by atoms with E-state index in [9.17, 15) is 0 Å². The molecular weight excluding hydrogens is 326 g/mol. The van der Waals surface area contributed by atoms with E-state index in [0.717, 1.165) is 17.4 Å². The van der Waals surface area contributed by atoms with E-state index in [1.807, 2.05) is 0 Å². The summed E-state index contributed by atoms with van der Waals surface area (Å²) in [7, 11) is -2.14. The van der Waals surface area contributed by atoms with Crippen LogP contribution >= 0.6 is 0 Å². The van der Waals surface area contributed by atoms with Gasteiger partial charge in [-0.15, -0.1) is 0 Å². The van der Waals surface area contributed by atoms with Crippen LogP contribution in [0.3, 0.4) is 0 Å². The second-order valence-corrected chi connectivity index (χ2v) is 16.0. The summed E-state index contributed by atoms with van der Waals surface area (Å²) in [5.41, 5.74) is 0. The molecule has 0 saturated heterocycles. The van der Waals surface area contributed by atoms with Crippen molar-refractivity contribution < 1.29 is 45.9 Å². The topological polar surface area (TPSA) is 17.1 Å². The van der Waals surface area contributed by atoms with Gasteiger partial charge in [0.2, 0.25) is 0 Å². The average molecular weight is 347 g/mol. The van der Waals surface area contributed by atoms with E-state index >= 15 is 0 Å². The van der Waals surface area contributed by atoms with E-state index < -0.39 is 16.1 Å². The second kappa shape index (κ2) is 8.78. The predicted octanol–water partition coefficient (Wildman–Crippen LogP) is -3.62. The Balaban J connectivity index is -0.000000464. The van der Waals surface area contributed by atoms with Crippen LogP contribution in [0.15, 0.2) is 18.2 Å². The Hall–Kier alpha value is 0.748. The molecule has 0 spiro atoms. The third-order valence-corrected chi connectivity index (χ3v) is 6.57. The molecular formula is C11H21Cl2OSi2V-. The third kappa shape index (κ3) is 7.70. The zero-order chi connectivity index (χ0) is 12.3. The Kier molecular flexibility index (Phi) is 11.8. The van der Waals surface area contributed by atoms with Crippen molar-refractivity contribution in [2.45, 2.75) is 39.3 Å². The van der Waals surface area contributed by atoms with Gasteiger partial charge in [0.15, 0.2) is 0 Å². The summed E-state index contributed by atoms with van der Waals surface area (Å²) in [5, 5.41) is 3.23. The van der Waals surface area contributed by atoms with Crippen molar-refractivity contribution in [1.29, 1.82) is 0 Å². The monoisotopic (exact) mass is 346 g/mol. The van der Waals surface area contributed by atoms with Crippen molar-refractivity contribution in [2.75, 3.05) is 0 Å². The first-order chi connectivity index (χ1) is 6.71. The van der Waals surface area contributed by atoms with Gasteiger partial charge in [-0.2, -0.15) is 17.3 Å². The number of hydrogen-bond acceptors (Lipinski definition) is 1. The fourth-order valence-electron chi connectivity index (χ4n) is 1.38. The minimum absolute atomic E-state index is 0. The quantitative estimate of drug-likeness (QED) is 0.399. The van der Waals surface area contributed by atoms with E-state index in [0.29, 0.717) is 0 Å². The Bertz CT molecular complexity index is 288. The first-order valence-electron chi connectivity index (χ1n) is 5.17. The van der Waals surface area contributed by atoms with Crippen molar-refractivity contribution in [1.82, 2.24) is 0 Å². The van der Waals surface area contributed by atoms with Gasteiger partial charge in [0.1, 0.15) is 0 Å². The molecule has 0 fully saturated rings. The van der Waals surface area contributed by atoms with Gasteiger partial charge in [-0.25, -0.2) is 11.3 Å². The van der Waals surface area contributed by atoms with Gasteiger partial charge < -0.3 is 24.8 Å². The molecule has 17 heavy (non-hydrogen) atoms. The van der Waals surface area contributed by atoms with Crippen LogP contribution in [-0.4, -0.2) is 16.1 Å². The molecule has 0 aliphatic rings. The van der Waals surface area contributed by atoms with Crippen LogP contribution in [0, 0.1) is 0 Å². The Morgan fingerprint density at radius 1 is 1.00 bits per heavy atom. The first kappa shape index (κ1) is 22.9. The van der Waals surface area contributed by atoms with Crippen LogP contribution in [0.25, 0.3) is 0 Å². The van der Waals surface area contributed by atoms with Gasteiger partial charge in [0, 0.05) is 16.1 Å². The molecule has 0 heterocycles. The van der Waals surface area contributed by atoms with Crippen LogP contribution in [0.4, 0.5) is 0 Å². The van der Waals surface area contributed by atoms with Gasteiger partial charge >= 0.3 is 21.0 Å². The summed E-state index contributed by atoms with van der Waals surface area (Å²) >= 11 is 1.06. The third-order valence-electron chi connectivity index (χ3n) is 2.49. The molecule has 0 atom stereocenters. The van der Waals surface area contributed by atoms with E-state index in [1.165, 1.54) is 0 Å². The van der Waals surface area contributed by atoms with Gasteiger partial charge in [-0.1, -0.05) is 39.3 Å². The van der Waals surface area contributed by atoms with Gasteiger partial charge in [-0.05, 0) is 0 Å². The Morgan fingerprint density at radius 3 is 1.59 bits per heavy atom. The molecule has 0 saturated carbocycles. The standard InChI is InChI=1S/C11H21Si2.2ClH.O.V/c1-12(2,3)10-7-8-11(9-10)13(4,5)6;;;;/h7-9H,1-6H3;2*1H;;/q-1;;;;+2/p-2. The molecule has 1 rings (SSSR count). The molecule has 99 valence electrons. The first-order valence-corrected chi connectivity index (χ1v) is 12.7. The van der Waals surface area contributed by atoms with E-state index in [-0.39, 0.29) is 24.8 Å². The summed E-state index contributed by atoms with van der Waals surface area (Å²) < 4.78 is 8.19. The molecule has 0 aromatic heterocycles. The second-order valence-electron chi connectivity index (χ2n) is 5.89. The maximum absolute atomic E-state index is 8.19. The summed E-state index contributed by atoms with van der Waals surface area (Å²) in [6.07, 6.45) is 0. The van der Waals surface area contributed by atoms with Crippen molar-refractivity contribution in [3.63, 3.8) is 0 Å². The molecule has 0 aliphatic carbocycles. The van der Waals surface area contributed by atoms with E-state index in [4.69, 9.17) is 3.67 Å². The molecule has 0 bridgehead atoms. The zero-order valence-electron chi connectivity index (χ0n) is 11.3. The van der Waals surface area contributed by atoms with Crippen molar-refractivity contribution in [3.8, 4) is 0 Å². The summed E-state index contributed by atoms with van der Waals surface area (Å²) in [4.78, 5) is 0. The van der Waals surface area contributed by atoms with Crippen LogP contribution in [0.5, 0.6) is 0 Å². The van der Waals surface area contributed by atoms with E-state index in [2.05, 4.69) is 57.5 Å². The Morgan fingerprint density at radius 2 is 1.41 bits per heavy atom.